The highest BCUT2D eigenvalue weighted by molar-refractivity contribution is 9.10. The van der Waals surface area contributed by atoms with E-state index >= 15 is 0 Å². The minimum Gasteiger partial charge on any atom is -0.370 e. The van der Waals surface area contributed by atoms with Crippen molar-refractivity contribution in [2.45, 2.75) is 18.9 Å². The minimum atomic E-state index is 0.157. The van der Waals surface area contributed by atoms with Gasteiger partial charge in [-0.05, 0) is 42.7 Å². The number of guanidine groups is 1. The Bertz CT molecular complexity index is 466. The van der Waals surface area contributed by atoms with Gasteiger partial charge in [0.05, 0.1) is 6.04 Å². The van der Waals surface area contributed by atoms with E-state index in [9.17, 15) is 0 Å². The van der Waals surface area contributed by atoms with Crippen LogP contribution in [-0.2, 0) is 0 Å². The van der Waals surface area contributed by atoms with E-state index in [1.807, 2.05) is 19.2 Å². The SMILES string of the molecule is C=CN(C)C(N)=NC(c1cccc(Br)c1)C1CC1. The fourth-order valence-corrected chi connectivity index (χ4v) is 2.30. The Morgan fingerprint density at radius 1 is 1.61 bits per heavy atom. The Morgan fingerprint density at radius 3 is 2.89 bits per heavy atom. The summed E-state index contributed by atoms with van der Waals surface area (Å²) >= 11 is 3.50. The highest BCUT2D eigenvalue weighted by Gasteiger charge is 2.32. The summed E-state index contributed by atoms with van der Waals surface area (Å²) in [4.78, 5) is 6.39. The molecule has 1 atom stereocenters. The second-order valence-electron chi connectivity index (χ2n) is 4.62. The normalized spacial score (nSPS) is 17.3. The van der Waals surface area contributed by atoms with Crippen molar-refractivity contribution in [1.82, 2.24) is 4.90 Å². The molecular formula is C14H18BrN3. The van der Waals surface area contributed by atoms with Gasteiger partial charge in [0.25, 0.3) is 0 Å². The molecule has 1 unspecified atom stereocenters. The lowest BCUT2D eigenvalue weighted by Crippen LogP contribution is -2.30. The topological polar surface area (TPSA) is 41.6 Å². The number of benzene rings is 1. The molecule has 1 aliphatic rings. The van der Waals surface area contributed by atoms with E-state index in [0.29, 0.717) is 11.9 Å². The summed E-state index contributed by atoms with van der Waals surface area (Å²) in [5, 5.41) is 0. The van der Waals surface area contributed by atoms with Crippen molar-refractivity contribution >= 4 is 21.9 Å². The molecule has 0 heterocycles. The second-order valence-corrected chi connectivity index (χ2v) is 5.53. The molecule has 1 fully saturated rings. The zero-order valence-corrected chi connectivity index (χ0v) is 12.1. The van der Waals surface area contributed by atoms with Gasteiger partial charge in [-0.3, -0.25) is 0 Å². The van der Waals surface area contributed by atoms with Crippen LogP contribution >= 0.6 is 15.9 Å². The van der Waals surface area contributed by atoms with Crippen molar-refractivity contribution in [3.63, 3.8) is 0 Å². The summed E-state index contributed by atoms with van der Waals surface area (Å²) in [6.07, 6.45) is 4.13. The second kappa shape index (κ2) is 5.57. The van der Waals surface area contributed by atoms with Crippen LogP contribution in [0.4, 0.5) is 0 Å². The first kappa shape index (κ1) is 13.1. The molecule has 1 aliphatic carbocycles. The molecule has 0 aromatic heterocycles. The number of nitrogens with two attached hydrogens (primary N) is 1. The van der Waals surface area contributed by atoms with Crippen LogP contribution in [0.25, 0.3) is 0 Å². The zero-order chi connectivity index (χ0) is 13.1. The Morgan fingerprint density at radius 2 is 2.33 bits per heavy atom. The molecule has 0 saturated heterocycles. The van der Waals surface area contributed by atoms with Gasteiger partial charge in [-0.1, -0.05) is 34.6 Å². The summed E-state index contributed by atoms with van der Waals surface area (Å²) in [5.41, 5.74) is 7.18. The van der Waals surface area contributed by atoms with E-state index in [2.05, 4.69) is 39.6 Å². The third kappa shape index (κ3) is 3.13. The van der Waals surface area contributed by atoms with Crippen molar-refractivity contribution in [1.29, 1.82) is 0 Å². The quantitative estimate of drug-likeness (QED) is 0.685. The molecule has 96 valence electrons. The van der Waals surface area contributed by atoms with Gasteiger partial charge in [0.15, 0.2) is 5.96 Å². The predicted octanol–water partition coefficient (Wildman–Crippen LogP) is 3.29. The lowest BCUT2D eigenvalue weighted by Gasteiger charge is -2.17. The van der Waals surface area contributed by atoms with Gasteiger partial charge in [-0.15, -0.1) is 0 Å². The number of nitrogens with zero attached hydrogens (tertiary/aromatic N) is 2. The molecule has 0 bridgehead atoms. The zero-order valence-electron chi connectivity index (χ0n) is 10.5. The van der Waals surface area contributed by atoms with E-state index in [4.69, 9.17) is 5.73 Å². The van der Waals surface area contributed by atoms with Crippen LogP contribution in [0.3, 0.4) is 0 Å². The van der Waals surface area contributed by atoms with Gasteiger partial charge in [0.2, 0.25) is 0 Å². The lowest BCUT2D eigenvalue weighted by atomic mass is 10.0. The van der Waals surface area contributed by atoms with Gasteiger partial charge in [0, 0.05) is 11.5 Å². The molecule has 1 aromatic rings. The van der Waals surface area contributed by atoms with E-state index in [1.165, 1.54) is 18.4 Å². The van der Waals surface area contributed by atoms with E-state index in [0.717, 1.165) is 4.47 Å². The smallest absolute Gasteiger partial charge is 0.195 e. The molecule has 4 heteroatoms. The van der Waals surface area contributed by atoms with E-state index in [-0.39, 0.29) is 6.04 Å². The third-order valence-corrected chi connectivity index (χ3v) is 3.66. The van der Waals surface area contributed by atoms with Gasteiger partial charge in [-0.25, -0.2) is 4.99 Å². The summed E-state index contributed by atoms with van der Waals surface area (Å²) in [6.45, 7) is 3.69. The summed E-state index contributed by atoms with van der Waals surface area (Å²) < 4.78 is 1.08. The standard InChI is InChI=1S/C14H18BrN3/c1-3-18(2)14(16)17-13(10-7-8-10)11-5-4-6-12(15)9-11/h3-6,9-10,13H,1,7-8H2,2H3,(H2,16,17). The Labute approximate surface area is 117 Å². The molecule has 0 amide bonds. The van der Waals surface area contributed by atoms with Crippen LogP contribution in [0.2, 0.25) is 0 Å². The molecule has 0 radical (unpaired) electrons. The summed E-state index contributed by atoms with van der Waals surface area (Å²) in [6, 6.07) is 8.45. The first-order chi connectivity index (χ1) is 8.61. The Balaban J connectivity index is 2.26. The first-order valence-corrected chi connectivity index (χ1v) is 6.85. The monoisotopic (exact) mass is 307 g/mol. The Hall–Kier alpha value is -1.29. The number of hydrogen-bond donors (Lipinski definition) is 1. The first-order valence-electron chi connectivity index (χ1n) is 6.06. The van der Waals surface area contributed by atoms with Crippen LogP contribution in [0.1, 0.15) is 24.4 Å². The number of hydrogen-bond acceptors (Lipinski definition) is 1. The van der Waals surface area contributed by atoms with Crippen LogP contribution in [0.15, 0.2) is 46.5 Å². The maximum atomic E-state index is 5.96. The molecule has 3 nitrogen and oxygen atoms in total. The molecule has 0 spiro atoms. The predicted molar refractivity (Wildman–Crippen MR) is 79.2 cm³/mol. The van der Waals surface area contributed by atoms with Gasteiger partial charge < -0.3 is 10.6 Å². The van der Waals surface area contributed by atoms with Gasteiger partial charge >= 0.3 is 0 Å². The third-order valence-electron chi connectivity index (χ3n) is 3.17. The fraction of sp³-hybridized carbons (Fsp3) is 0.357. The number of halogens is 1. The maximum absolute atomic E-state index is 5.96. The molecule has 2 rings (SSSR count). The van der Waals surface area contributed by atoms with E-state index in [1.54, 1.807) is 11.1 Å². The van der Waals surface area contributed by atoms with Gasteiger partial charge in [0.1, 0.15) is 0 Å². The number of aliphatic imine (C=N–C) groups is 1. The van der Waals surface area contributed by atoms with Gasteiger partial charge in [-0.2, -0.15) is 0 Å². The Kier molecular flexibility index (Phi) is 4.07. The van der Waals surface area contributed by atoms with Crippen molar-refractivity contribution in [3.8, 4) is 0 Å². The fourth-order valence-electron chi connectivity index (χ4n) is 1.88. The average molecular weight is 308 g/mol. The summed E-state index contributed by atoms with van der Waals surface area (Å²) in [5.74, 6) is 1.14. The molecule has 2 N–H and O–H groups in total. The largest absolute Gasteiger partial charge is 0.370 e. The van der Waals surface area contributed by atoms with Crippen LogP contribution < -0.4 is 5.73 Å². The lowest BCUT2D eigenvalue weighted by molar-refractivity contribution is 0.601. The maximum Gasteiger partial charge on any atom is 0.195 e. The van der Waals surface area contributed by atoms with Crippen molar-refractivity contribution in [2.75, 3.05) is 7.05 Å². The van der Waals surface area contributed by atoms with E-state index < -0.39 is 0 Å². The van der Waals surface area contributed by atoms with Crippen LogP contribution in [0.5, 0.6) is 0 Å². The highest BCUT2D eigenvalue weighted by Crippen LogP contribution is 2.43. The molecule has 1 aromatic carbocycles. The highest BCUT2D eigenvalue weighted by atomic mass is 79.9. The molecular weight excluding hydrogens is 290 g/mol. The molecule has 18 heavy (non-hydrogen) atoms. The minimum absolute atomic E-state index is 0.157. The van der Waals surface area contributed by atoms with Crippen molar-refractivity contribution in [2.24, 2.45) is 16.6 Å². The summed E-state index contributed by atoms with van der Waals surface area (Å²) in [7, 11) is 1.86. The van der Waals surface area contributed by atoms with Crippen molar-refractivity contribution in [3.05, 3.63) is 47.1 Å². The molecule has 1 saturated carbocycles. The molecule has 0 aliphatic heterocycles. The number of rotatable bonds is 4. The van der Waals surface area contributed by atoms with Crippen LogP contribution in [-0.4, -0.2) is 17.9 Å². The average Bonchev–Trinajstić information content (AvgIpc) is 3.18. The van der Waals surface area contributed by atoms with Crippen molar-refractivity contribution < 1.29 is 0 Å². The van der Waals surface area contributed by atoms with Crippen LogP contribution in [0, 0.1) is 5.92 Å².